The van der Waals surface area contributed by atoms with E-state index >= 15 is 0 Å². The fraction of sp³-hybridized carbons (Fsp3) is 0.0164. The predicted octanol–water partition coefficient (Wildman–Crippen LogP) is 16.9. The lowest BCUT2D eigenvalue weighted by molar-refractivity contribution is 0.768. The van der Waals surface area contributed by atoms with Gasteiger partial charge in [0.15, 0.2) is 0 Å². The Labute approximate surface area is 372 Å². The van der Waals surface area contributed by atoms with Gasteiger partial charge in [-0.15, -0.1) is 11.3 Å². The highest BCUT2D eigenvalue weighted by Gasteiger charge is 2.45. The molecule has 1 aromatic heterocycles. The lowest BCUT2D eigenvalue weighted by atomic mass is 9.68. The third kappa shape index (κ3) is 6.14. The molecule has 0 aliphatic heterocycles. The van der Waals surface area contributed by atoms with Crippen LogP contribution in [0.25, 0.3) is 64.7 Å². The van der Waals surface area contributed by atoms with Gasteiger partial charge in [-0.05, 0) is 115 Å². The van der Waals surface area contributed by atoms with Gasteiger partial charge in [0, 0.05) is 37.2 Å². The fourth-order valence-electron chi connectivity index (χ4n) is 10.1. The first-order valence-corrected chi connectivity index (χ1v) is 22.5. The standard InChI is InChI=1S/C61H41NS/c1-4-17-42(18-5-1)45-39-46(43-19-6-2-7-20-43)41-51(40-45)62(49-35-31-44(32-36-49)52-26-16-27-56-55-25-12-15-30-59(55)63-60(52)56)50-37-33-48(34-38-50)61(47-21-8-3-9-22-47)57-28-13-10-23-53(57)54-24-11-14-29-58(54)61/h1-41H. The SMILES string of the molecule is c1ccc(-c2cc(-c3ccccc3)cc(N(c3ccc(-c4cccc5c4sc4ccccc45)cc3)c3ccc(C4(c5ccccc5)c5ccccc5-c5ccccc54)cc3)c2)cc1. The van der Waals surface area contributed by atoms with Crippen LogP contribution < -0.4 is 4.90 Å². The number of anilines is 3. The van der Waals surface area contributed by atoms with E-state index in [-0.39, 0.29) is 0 Å². The van der Waals surface area contributed by atoms with Crippen LogP contribution in [0.3, 0.4) is 0 Å². The second kappa shape index (κ2) is 15.3. The Morgan fingerprint density at radius 1 is 0.302 bits per heavy atom. The molecule has 0 saturated heterocycles. The lowest BCUT2D eigenvalue weighted by Gasteiger charge is -2.34. The molecule has 0 fully saturated rings. The minimum atomic E-state index is -0.471. The summed E-state index contributed by atoms with van der Waals surface area (Å²) in [7, 11) is 0. The van der Waals surface area contributed by atoms with Crippen LogP contribution in [0.5, 0.6) is 0 Å². The Kier molecular flexibility index (Phi) is 8.98. The second-order valence-electron chi connectivity index (χ2n) is 16.4. The monoisotopic (exact) mass is 819 g/mol. The molecule has 0 bridgehead atoms. The van der Waals surface area contributed by atoms with Gasteiger partial charge in [-0.25, -0.2) is 0 Å². The van der Waals surface area contributed by atoms with Crippen molar-refractivity contribution in [3.05, 3.63) is 271 Å². The van der Waals surface area contributed by atoms with Crippen molar-refractivity contribution in [2.45, 2.75) is 5.41 Å². The zero-order valence-electron chi connectivity index (χ0n) is 34.5. The largest absolute Gasteiger partial charge is 0.310 e. The summed E-state index contributed by atoms with van der Waals surface area (Å²) in [6.07, 6.45) is 0. The summed E-state index contributed by atoms with van der Waals surface area (Å²) in [5.41, 5.74) is 17.7. The molecule has 0 amide bonds. The normalized spacial score (nSPS) is 12.6. The highest BCUT2D eigenvalue weighted by Crippen LogP contribution is 2.56. The number of hydrogen-bond acceptors (Lipinski definition) is 2. The van der Waals surface area contributed by atoms with Gasteiger partial charge in [-0.3, -0.25) is 0 Å². The molecule has 12 rings (SSSR count). The molecule has 10 aromatic carbocycles. The Balaban J connectivity index is 1.05. The Morgan fingerprint density at radius 2 is 0.778 bits per heavy atom. The topological polar surface area (TPSA) is 3.24 Å². The number of nitrogens with zero attached hydrogens (tertiary/aromatic N) is 1. The van der Waals surface area contributed by atoms with Crippen molar-refractivity contribution in [1.82, 2.24) is 0 Å². The Bertz CT molecular complexity index is 3320. The average Bonchev–Trinajstić information content (AvgIpc) is 3.90. The molecule has 2 heteroatoms. The van der Waals surface area contributed by atoms with E-state index in [9.17, 15) is 0 Å². The predicted molar refractivity (Wildman–Crippen MR) is 268 cm³/mol. The van der Waals surface area contributed by atoms with E-state index in [0.717, 1.165) is 17.1 Å². The van der Waals surface area contributed by atoms with Crippen molar-refractivity contribution in [3.63, 3.8) is 0 Å². The van der Waals surface area contributed by atoms with E-state index in [0.29, 0.717) is 0 Å². The highest BCUT2D eigenvalue weighted by molar-refractivity contribution is 7.26. The fourth-order valence-corrected chi connectivity index (χ4v) is 11.4. The van der Waals surface area contributed by atoms with Crippen molar-refractivity contribution in [2.75, 3.05) is 4.90 Å². The molecule has 11 aromatic rings. The zero-order valence-corrected chi connectivity index (χ0v) is 35.3. The lowest BCUT2D eigenvalue weighted by Crippen LogP contribution is -2.28. The van der Waals surface area contributed by atoms with Crippen molar-refractivity contribution >= 4 is 48.6 Å². The molecule has 0 unspecified atom stereocenters. The number of benzene rings is 10. The van der Waals surface area contributed by atoms with E-state index in [4.69, 9.17) is 0 Å². The number of fused-ring (bicyclic) bond motifs is 6. The summed E-state index contributed by atoms with van der Waals surface area (Å²) >= 11 is 1.88. The molecule has 0 radical (unpaired) electrons. The maximum atomic E-state index is 2.43. The molecule has 1 nitrogen and oxygen atoms in total. The van der Waals surface area contributed by atoms with Gasteiger partial charge >= 0.3 is 0 Å². The van der Waals surface area contributed by atoms with Crippen LogP contribution in [0.4, 0.5) is 17.1 Å². The summed E-state index contributed by atoms with van der Waals surface area (Å²) in [5, 5.41) is 2.63. The van der Waals surface area contributed by atoms with Gasteiger partial charge in [0.2, 0.25) is 0 Å². The van der Waals surface area contributed by atoms with Gasteiger partial charge in [0.25, 0.3) is 0 Å². The molecule has 0 atom stereocenters. The third-order valence-electron chi connectivity index (χ3n) is 12.9. The van der Waals surface area contributed by atoms with Crippen LogP contribution in [0, 0.1) is 0 Å². The molecule has 1 heterocycles. The minimum Gasteiger partial charge on any atom is -0.310 e. The Morgan fingerprint density at radius 3 is 1.40 bits per heavy atom. The van der Waals surface area contributed by atoms with Gasteiger partial charge in [-0.1, -0.05) is 200 Å². The van der Waals surface area contributed by atoms with Crippen LogP contribution in [0.2, 0.25) is 0 Å². The first kappa shape index (κ1) is 37.0. The third-order valence-corrected chi connectivity index (χ3v) is 14.2. The minimum absolute atomic E-state index is 0.471. The van der Waals surface area contributed by atoms with Crippen molar-refractivity contribution in [1.29, 1.82) is 0 Å². The maximum absolute atomic E-state index is 2.43. The van der Waals surface area contributed by atoms with E-state index in [2.05, 4.69) is 254 Å². The maximum Gasteiger partial charge on any atom is 0.0713 e. The van der Waals surface area contributed by atoms with E-state index < -0.39 is 5.41 Å². The Hall–Kier alpha value is -7.78. The highest BCUT2D eigenvalue weighted by atomic mass is 32.1. The van der Waals surface area contributed by atoms with Gasteiger partial charge < -0.3 is 4.90 Å². The number of hydrogen-bond donors (Lipinski definition) is 0. The zero-order chi connectivity index (χ0) is 41.7. The number of rotatable bonds is 8. The first-order chi connectivity index (χ1) is 31.2. The van der Waals surface area contributed by atoms with Crippen LogP contribution in [0.1, 0.15) is 22.3 Å². The summed E-state index contributed by atoms with van der Waals surface area (Å²) in [5.74, 6) is 0. The molecular weight excluding hydrogens is 779 g/mol. The van der Waals surface area contributed by atoms with Crippen LogP contribution in [0.15, 0.2) is 249 Å². The van der Waals surface area contributed by atoms with Crippen molar-refractivity contribution in [3.8, 4) is 44.5 Å². The van der Waals surface area contributed by atoms with Crippen molar-refractivity contribution in [2.24, 2.45) is 0 Å². The molecule has 1 aliphatic carbocycles. The molecule has 1 aliphatic rings. The smallest absolute Gasteiger partial charge is 0.0713 e. The quantitative estimate of drug-likeness (QED) is 0.148. The first-order valence-electron chi connectivity index (χ1n) is 21.7. The van der Waals surface area contributed by atoms with Gasteiger partial charge in [0.1, 0.15) is 0 Å². The molecule has 0 saturated carbocycles. The van der Waals surface area contributed by atoms with Gasteiger partial charge in [0.05, 0.1) is 5.41 Å². The van der Waals surface area contributed by atoms with Crippen LogP contribution in [-0.4, -0.2) is 0 Å². The van der Waals surface area contributed by atoms with E-state index in [1.807, 2.05) is 11.3 Å². The molecule has 0 N–H and O–H groups in total. The van der Waals surface area contributed by atoms with E-state index in [1.54, 1.807) is 0 Å². The van der Waals surface area contributed by atoms with Crippen molar-refractivity contribution < 1.29 is 0 Å². The summed E-state index contributed by atoms with van der Waals surface area (Å²) in [6.45, 7) is 0. The van der Waals surface area contributed by atoms with Crippen LogP contribution in [-0.2, 0) is 5.41 Å². The van der Waals surface area contributed by atoms with E-state index in [1.165, 1.54) is 86.9 Å². The van der Waals surface area contributed by atoms with Crippen LogP contribution >= 0.6 is 11.3 Å². The summed E-state index contributed by atoms with van der Waals surface area (Å²) < 4.78 is 2.64. The molecule has 0 spiro atoms. The molecule has 296 valence electrons. The summed E-state index contributed by atoms with van der Waals surface area (Å²) in [6, 6.07) is 91.5. The summed E-state index contributed by atoms with van der Waals surface area (Å²) in [4.78, 5) is 2.43. The molecular formula is C61H41NS. The molecule has 63 heavy (non-hydrogen) atoms. The average molecular weight is 820 g/mol. The second-order valence-corrected chi connectivity index (χ2v) is 17.5. The van der Waals surface area contributed by atoms with Gasteiger partial charge in [-0.2, -0.15) is 0 Å². The number of thiophene rings is 1.